The molecular formula is C27H29BrF4I2O12S2-2. The molecule has 0 amide bonds. The zero-order valence-corrected chi connectivity index (χ0v) is 32.3. The Morgan fingerprint density at radius 1 is 0.604 bits per heavy atom. The zero-order valence-electron chi connectivity index (χ0n) is 24.6. The fraction of sp³-hybridized carbons (Fsp3) is 0.111. The normalized spacial score (nSPS) is 11.7. The van der Waals surface area contributed by atoms with E-state index in [4.69, 9.17) is 35.5 Å². The minimum atomic E-state index is -4.06. The molecule has 0 aliphatic carbocycles. The van der Waals surface area contributed by atoms with E-state index in [1.165, 1.54) is 48.5 Å². The van der Waals surface area contributed by atoms with Crippen LogP contribution in [0.15, 0.2) is 72.8 Å². The van der Waals surface area contributed by atoms with Gasteiger partial charge in [0.05, 0.1) is 6.26 Å². The first-order valence-electron chi connectivity index (χ1n) is 12.0. The molecule has 21 heteroatoms. The number of phenolic OH excluding ortho intramolecular Hbond substituents is 4. The van der Waals surface area contributed by atoms with E-state index in [0.29, 0.717) is 0 Å². The van der Waals surface area contributed by atoms with E-state index in [2.05, 4.69) is 8.67 Å². The number of hydrogen-bond donors (Lipinski definition) is 7. The molecule has 0 saturated carbocycles. The summed E-state index contributed by atoms with van der Waals surface area (Å²) in [7, 11) is -7.67. The molecule has 0 unspecified atom stereocenters. The summed E-state index contributed by atoms with van der Waals surface area (Å²) >= 11 is -1.47. The van der Waals surface area contributed by atoms with Crippen LogP contribution in [0.25, 0.3) is 0 Å². The Hall–Kier alpha value is -2.36. The summed E-state index contributed by atoms with van der Waals surface area (Å²) in [5.41, 5.74) is 0. The van der Waals surface area contributed by atoms with Crippen LogP contribution >= 0.6 is 17.0 Å². The molecule has 0 radical (unpaired) electrons. The number of rotatable bonds is 6. The van der Waals surface area contributed by atoms with Crippen molar-refractivity contribution in [3.8, 4) is 23.0 Å². The van der Waals surface area contributed by atoms with Gasteiger partial charge in [0, 0.05) is 12.5 Å². The van der Waals surface area contributed by atoms with Crippen molar-refractivity contribution in [3.63, 3.8) is 0 Å². The topological polar surface area (TPSA) is 211 Å². The third-order valence-corrected chi connectivity index (χ3v) is 10.3. The second kappa shape index (κ2) is 19.7. The molecule has 0 aromatic heterocycles. The molecule has 0 atom stereocenters. The Bertz CT molecular complexity index is 1640. The van der Waals surface area contributed by atoms with Crippen LogP contribution in [0.5, 0.6) is 23.0 Å². The van der Waals surface area contributed by atoms with Crippen molar-refractivity contribution in [2.24, 2.45) is 0 Å². The zero-order chi connectivity index (χ0) is 36.2. The second-order valence-electron chi connectivity index (χ2n) is 9.08. The van der Waals surface area contributed by atoms with Crippen molar-refractivity contribution in [1.29, 1.82) is 0 Å². The Morgan fingerprint density at radius 2 is 0.792 bits per heavy atom. The number of benzene rings is 4. The fourth-order valence-corrected chi connectivity index (χ4v) is 7.01. The van der Waals surface area contributed by atoms with Crippen LogP contribution in [0.1, 0.15) is 0 Å². The second-order valence-corrected chi connectivity index (χ2v) is 20.2. The molecule has 4 aromatic carbocycles. The maximum absolute atomic E-state index is 13.1. The van der Waals surface area contributed by atoms with Crippen molar-refractivity contribution in [1.82, 2.24) is 0 Å². The van der Waals surface area contributed by atoms with Gasteiger partial charge in [-0.2, -0.15) is 8.42 Å². The first-order chi connectivity index (χ1) is 21.5. The van der Waals surface area contributed by atoms with Crippen molar-refractivity contribution in [2.75, 3.05) is 18.8 Å². The molecule has 0 fully saturated rings. The SMILES string of the molecule is Br.CS(=O)(=O)OO.CS(C)(=O)(O)OO.Oc1ccc([I-]c2ccc(O)c(F)c2)cc1F.Oc1ccc([I-]c2ccc(O)c(F)c2)cc1F. The van der Waals surface area contributed by atoms with E-state index in [1.807, 2.05) is 0 Å². The van der Waals surface area contributed by atoms with Crippen molar-refractivity contribution in [2.45, 2.75) is 0 Å². The monoisotopic (exact) mass is 1020 g/mol. The fourth-order valence-electron chi connectivity index (χ4n) is 2.41. The predicted octanol–water partition coefficient (Wildman–Crippen LogP) is -1.03. The average Bonchev–Trinajstić information content (AvgIpc) is 2.97. The molecule has 48 heavy (non-hydrogen) atoms. The van der Waals surface area contributed by atoms with Crippen LogP contribution in [0.4, 0.5) is 17.6 Å². The van der Waals surface area contributed by atoms with Gasteiger partial charge in [0.25, 0.3) is 10.1 Å². The van der Waals surface area contributed by atoms with Crippen LogP contribution in [0.3, 0.4) is 0 Å². The van der Waals surface area contributed by atoms with Gasteiger partial charge in [0.2, 0.25) is 0 Å². The molecule has 12 nitrogen and oxygen atoms in total. The van der Waals surface area contributed by atoms with Crippen molar-refractivity contribution < 1.29 is 117 Å². The first-order valence-corrected chi connectivity index (χ1v) is 20.8. The first kappa shape index (κ1) is 45.6. The van der Waals surface area contributed by atoms with Crippen LogP contribution in [-0.2, 0) is 28.4 Å². The van der Waals surface area contributed by atoms with Gasteiger partial charge in [-0.1, -0.05) is 0 Å². The number of aromatic hydroxyl groups is 4. The van der Waals surface area contributed by atoms with Crippen LogP contribution in [0.2, 0.25) is 0 Å². The van der Waals surface area contributed by atoms with Crippen molar-refractivity contribution in [3.05, 3.63) is 110 Å². The number of halogens is 7. The van der Waals surface area contributed by atoms with Crippen LogP contribution < -0.4 is 42.4 Å². The van der Waals surface area contributed by atoms with Crippen LogP contribution in [-0.4, -0.2) is 66.9 Å². The third kappa shape index (κ3) is 19.0. The van der Waals surface area contributed by atoms with E-state index in [0.717, 1.165) is 33.0 Å². The van der Waals surface area contributed by atoms with Gasteiger partial charge >= 0.3 is 214 Å². The molecule has 0 heterocycles. The van der Waals surface area contributed by atoms with Gasteiger partial charge in [-0.3, -0.25) is 0 Å². The molecular weight excluding hydrogens is 990 g/mol. The Labute approximate surface area is 303 Å². The van der Waals surface area contributed by atoms with E-state index in [9.17, 15) is 30.2 Å². The van der Waals surface area contributed by atoms with Crippen molar-refractivity contribution >= 4 is 36.7 Å². The van der Waals surface area contributed by atoms with E-state index in [1.54, 1.807) is 24.3 Å². The number of phenols is 4. The Morgan fingerprint density at radius 3 is 0.917 bits per heavy atom. The molecule has 0 aliphatic rings. The van der Waals surface area contributed by atoms with Gasteiger partial charge < -0.3 is 4.55 Å². The summed E-state index contributed by atoms with van der Waals surface area (Å²) in [5.74, 6) is -4.29. The molecule has 0 bridgehead atoms. The van der Waals surface area contributed by atoms with Crippen LogP contribution in [0, 0.1) is 37.5 Å². The summed E-state index contributed by atoms with van der Waals surface area (Å²) in [6.45, 7) is 0. The molecule has 0 aliphatic heterocycles. The minimum absolute atomic E-state index is 0. The molecule has 4 aromatic rings. The van der Waals surface area contributed by atoms with E-state index in [-0.39, 0.29) is 17.0 Å². The summed E-state index contributed by atoms with van der Waals surface area (Å²) in [5, 5.41) is 51.1. The quantitative estimate of drug-likeness (QED) is 0.0536. The standard InChI is InChI=1S/2C12H8F2IO2.C2H8O4S.CH4O4S.BrH/c2*13-9-5-7(1-3-11(9)16)15-8-2-4-12(17)10(14)6-8;1-7(2,4,5)6-3;1-6(3,4)5-2;/h2*1-6,16-17H;3H,1-2H3,(H,4,5);2H,1H3;1H/q2*-1;;;. The number of hydrogen-bond acceptors (Lipinski definition) is 11. The summed E-state index contributed by atoms with van der Waals surface area (Å²) in [6.07, 6.45) is 2.54. The molecule has 4 rings (SSSR count). The summed E-state index contributed by atoms with van der Waals surface area (Å²) < 4.78 is 99.0. The summed E-state index contributed by atoms with van der Waals surface area (Å²) in [4.78, 5) is 0. The summed E-state index contributed by atoms with van der Waals surface area (Å²) in [6, 6.07) is 16.5. The molecule has 0 saturated heterocycles. The third-order valence-electron chi connectivity index (χ3n) is 4.42. The van der Waals surface area contributed by atoms with Gasteiger partial charge in [0.15, 0.2) is 0 Å². The average molecular weight is 1020 g/mol. The van der Waals surface area contributed by atoms with Gasteiger partial charge in [-0.05, 0) is 0 Å². The maximum atomic E-state index is 13.1. The Kier molecular flexibility index (Phi) is 18.8. The Balaban J connectivity index is 0.000000671. The van der Waals surface area contributed by atoms with E-state index >= 15 is 0 Å². The molecule has 272 valence electrons. The molecule has 0 spiro atoms. The van der Waals surface area contributed by atoms with Gasteiger partial charge in [0.1, 0.15) is 9.63 Å². The molecule has 7 N–H and O–H groups in total. The van der Waals surface area contributed by atoms with Gasteiger partial charge in [-0.25, -0.2) is 14.7 Å². The predicted molar refractivity (Wildman–Crippen MR) is 162 cm³/mol. The van der Waals surface area contributed by atoms with E-state index < -0.39 is 108 Å². The van der Waals surface area contributed by atoms with Gasteiger partial charge in [-0.15, -0.1) is 25.6 Å².